The van der Waals surface area contributed by atoms with Gasteiger partial charge in [-0.1, -0.05) is 37.5 Å². The highest BCUT2D eigenvalue weighted by atomic mass is 14.2. The van der Waals surface area contributed by atoms with E-state index in [0.717, 1.165) is 12.8 Å². The summed E-state index contributed by atoms with van der Waals surface area (Å²) in [5, 5.41) is 8.28. The summed E-state index contributed by atoms with van der Waals surface area (Å²) in [6, 6.07) is 2.10. The van der Waals surface area contributed by atoms with Crippen LogP contribution in [0.1, 0.15) is 51.4 Å². The summed E-state index contributed by atoms with van der Waals surface area (Å²) >= 11 is 0. The van der Waals surface area contributed by atoms with Crippen LogP contribution in [0.15, 0.2) is 24.8 Å². The number of hydrogen-bond donors (Lipinski definition) is 0. The molecule has 1 heteroatoms. The Morgan fingerprint density at radius 1 is 0.929 bits per heavy atom. The molecule has 0 fully saturated rings. The van der Waals surface area contributed by atoms with E-state index in [0.29, 0.717) is 6.42 Å². The van der Waals surface area contributed by atoms with Gasteiger partial charge in [-0.3, -0.25) is 0 Å². The zero-order chi connectivity index (χ0) is 10.5. The van der Waals surface area contributed by atoms with E-state index in [1.54, 1.807) is 0 Å². The molecule has 0 amide bonds. The minimum Gasteiger partial charge on any atom is -0.198 e. The first kappa shape index (κ1) is 13.0. The maximum absolute atomic E-state index is 8.28. The number of rotatable bonds is 9. The summed E-state index contributed by atoms with van der Waals surface area (Å²) in [6.45, 7) is 3.70. The number of allylic oxidation sites excluding steroid dienone is 3. The normalized spacial score (nSPS) is 10.2. The Labute approximate surface area is 88.1 Å². The average molecular weight is 191 g/mol. The SMILES string of the molecule is C=CCCCCCCC/C=C\CC#N. The fraction of sp³-hybridized carbons (Fsp3) is 0.615. The Hall–Kier alpha value is -1.03. The summed E-state index contributed by atoms with van der Waals surface area (Å²) in [5.41, 5.74) is 0. The molecule has 0 heterocycles. The monoisotopic (exact) mass is 191 g/mol. The van der Waals surface area contributed by atoms with Crippen LogP contribution < -0.4 is 0 Å². The maximum Gasteiger partial charge on any atom is 0.0663 e. The van der Waals surface area contributed by atoms with Crippen molar-refractivity contribution >= 4 is 0 Å². The van der Waals surface area contributed by atoms with Gasteiger partial charge in [0, 0.05) is 0 Å². The van der Waals surface area contributed by atoms with E-state index in [1.807, 2.05) is 12.2 Å². The van der Waals surface area contributed by atoms with Crippen LogP contribution in [0.3, 0.4) is 0 Å². The lowest BCUT2D eigenvalue weighted by molar-refractivity contribution is 0.622. The van der Waals surface area contributed by atoms with Crippen LogP contribution in [0.4, 0.5) is 0 Å². The third-order valence-corrected chi connectivity index (χ3v) is 2.15. The van der Waals surface area contributed by atoms with E-state index >= 15 is 0 Å². The molecule has 0 aliphatic heterocycles. The summed E-state index contributed by atoms with van der Waals surface area (Å²) in [4.78, 5) is 0. The Bertz CT molecular complexity index is 186. The summed E-state index contributed by atoms with van der Waals surface area (Å²) in [7, 11) is 0. The van der Waals surface area contributed by atoms with Gasteiger partial charge in [0.05, 0.1) is 12.5 Å². The largest absolute Gasteiger partial charge is 0.198 e. The molecule has 0 spiro atoms. The third kappa shape index (κ3) is 11.0. The number of unbranched alkanes of at least 4 members (excludes halogenated alkanes) is 6. The molecule has 14 heavy (non-hydrogen) atoms. The molecule has 0 aliphatic rings. The van der Waals surface area contributed by atoms with E-state index < -0.39 is 0 Å². The van der Waals surface area contributed by atoms with Crippen LogP contribution in [0.25, 0.3) is 0 Å². The third-order valence-electron chi connectivity index (χ3n) is 2.15. The van der Waals surface area contributed by atoms with Crippen LogP contribution >= 0.6 is 0 Å². The highest BCUT2D eigenvalue weighted by Crippen LogP contribution is 2.07. The van der Waals surface area contributed by atoms with E-state index in [9.17, 15) is 0 Å². The van der Waals surface area contributed by atoms with Gasteiger partial charge in [-0.15, -0.1) is 6.58 Å². The van der Waals surface area contributed by atoms with Crippen LogP contribution in [0.2, 0.25) is 0 Å². The highest BCUT2D eigenvalue weighted by Gasteiger charge is 1.88. The van der Waals surface area contributed by atoms with Gasteiger partial charge in [0.15, 0.2) is 0 Å². The molecule has 0 aliphatic carbocycles. The van der Waals surface area contributed by atoms with Crippen LogP contribution in [-0.2, 0) is 0 Å². The second-order valence-corrected chi connectivity index (χ2v) is 3.47. The zero-order valence-electron chi connectivity index (χ0n) is 9.04. The van der Waals surface area contributed by atoms with Gasteiger partial charge in [0.25, 0.3) is 0 Å². The summed E-state index contributed by atoms with van der Waals surface area (Å²) in [5.74, 6) is 0. The fourth-order valence-corrected chi connectivity index (χ4v) is 1.34. The lowest BCUT2D eigenvalue weighted by Gasteiger charge is -1.97. The van der Waals surface area contributed by atoms with Crippen molar-refractivity contribution in [2.24, 2.45) is 0 Å². The fourth-order valence-electron chi connectivity index (χ4n) is 1.34. The maximum atomic E-state index is 8.28. The van der Waals surface area contributed by atoms with Crippen molar-refractivity contribution in [3.8, 4) is 6.07 Å². The predicted molar refractivity (Wildman–Crippen MR) is 61.9 cm³/mol. The molecule has 0 bridgehead atoms. The minimum absolute atomic E-state index is 0.555. The van der Waals surface area contributed by atoms with Gasteiger partial charge >= 0.3 is 0 Å². The van der Waals surface area contributed by atoms with Crippen LogP contribution in [0.5, 0.6) is 0 Å². The van der Waals surface area contributed by atoms with Gasteiger partial charge in [0.1, 0.15) is 0 Å². The molecule has 0 rings (SSSR count). The second kappa shape index (κ2) is 12.0. The van der Waals surface area contributed by atoms with Crippen LogP contribution in [0, 0.1) is 11.3 Å². The smallest absolute Gasteiger partial charge is 0.0663 e. The quantitative estimate of drug-likeness (QED) is 0.392. The number of nitrogens with zero attached hydrogens (tertiary/aromatic N) is 1. The summed E-state index contributed by atoms with van der Waals surface area (Å²) < 4.78 is 0. The molecular formula is C13H21N. The Morgan fingerprint density at radius 2 is 1.57 bits per heavy atom. The molecule has 0 saturated carbocycles. The molecule has 0 radical (unpaired) electrons. The zero-order valence-corrected chi connectivity index (χ0v) is 9.04. The van der Waals surface area contributed by atoms with Gasteiger partial charge in [-0.25, -0.2) is 0 Å². The lowest BCUT2D eigenvalue weighted by atomic mass is 10.1. The van der Waals surface area contributed by atoms with Crippen LogP contribution in [-0.4, -0.2) is 0 Å². The molecule has 0 atom stereocenters. The molecule has 78 valence electrons. The van der Waals surface area contributed by atoms with Gasteiger partial charge in [0.2, 0.25) is 0 Å². The molecule has 0 unspecified atom stereocenters. The van der Waals surface area contributed by atoms with Crippen molar-refractivity contribution in [3.63, 3.8) is 0 Å². The van der Waals surface area contributed by atoms with E-state index in [-0.39, 0.29) is 0 Å². The van der Waals surface area contributed by atoms with Crippen molar-refractivity contribution in [3.05, 3.63) is 24.8 Å². The Morgan fingerprint density at radius 3 is 2.21 bits per heavy atom. The minimum atomic E-state index is 0.555. The molecule has 0 saturated heterocycles. The Balaban J connectivity index is 2.99. The molecule has 0 aromatic rings. The number of hydrogen-bond acceptors (Lipinski definition) is 1. The van der Waals surface area contributed by atoms with Crippen molar-refractivity contribution in [1.82, 2.24) is 0 Å². The van der Waals surface area contributed by atoms with Crippen molar-refractivity contribution < 1.29 is 0 Å². The topological polar surface area (TPSA) is 23.8 Å². The Kier molecular flexibility index (Phi) is 11.1. The van der Waals surface area contributed by atoms with Crippen molar-refractivity contribution in [2.75, 3.05) is 0 Å². The first-order chi connectivity index (χ1) is 6.91. The highest BCUT2D eigenvalue weighted by molar-refractivity contribution is 4.90. The van der Waals surface area contributed by atoms with E-state index in [2.05, 4.69) is 18.7 Å². The first-order valence-electron chi connectivity index (χ1n) is 5.54. The average Bonchev–Trinajstić information content (AvgIpc) is 2.21. The molecule has 0 aromatic heterocycles. The number of nitriles is 1. The molecular weight excluding hydrogens is 170 g/mol. The lowest BCUT2D eigenvalue weighted by Crippen LogP contribution is -1.77. The molecule has 0 N–H and O–H groups in total. The van der Waals surface area contributed by atoms with E-state index in [1.165, 1.54) is 32.1 Å². The van der Waals surface area contributed by atoms with Gasteiger partial charge in [-0.05, 0) is 25.7 Å². The van der Waals surface area contributed by atoms with Gasteiger partial charge < -0.3 is 0 Å². The van der Waals surface area contributed by atoms with Gasteiger partial charge in [-0.2, -0.15) is 5.26 Å². The molecule has 1 nitrogen and oxygen atoms in total. The standard InChI is InChI=1S/C13H21N/c1-2-3-4-5-6-7-8-9-10-11-12-13-14/h2,10-11H,1,3-9,12H2/b11-10-. The van der Waals surface area contributed by atoms with E-state index in [4.69, 9.17) is 5.26 Å². The first-order valence-corrected chi connectivity index (χ1v) is 5.54. The van der Waals surface area contributed by atoms with Crippen molar-refractivity contribution in [2.45, 2.75) is 51.4 Å². The van der Waals surface area contributed by atoms with Crippen molar-refractivity contribution in [1.29, 1.82) is 5.26 Å². The summed E-state index contributed by atoms with van der Waals surface area (Å²) in [6.07, 6.45) is 15.4. The second-order valence-electron chi connectivity index (χ2n) is 3.47. The molecule has 0 aromatic carbocycles. The predicted octanol–water partition coefficient (Wildman–Crippen LogP) is 4.37.